The van der Waals surface area contributed by atoms with Gasteiger partial charge in [-0.05, 0) is 60.9 Å². The molecule has 1 heterocycles. The molecular formula is C23H21ClN2O7. The molecular weight excluding hydrogens is 452 g/mol. The van der Waals surface area contributed by atoms with Crippen LogP contribution >= 0.6 is 11.6 Å². The van der Waals surface area contributed by atoms with Crippen LogP contribution in [0.1, 0.15) is 16.7 Å². The summed E-state index contributed by atoms with van der Waals surface area (Å²) in [6, 6.07) is 7.31. The smallest absolute Gasteiger partial charge is 0.343 e. The normalized spacial score (nSPS) is 14.9. The van der Waals surface area contributed by atoms with E-state index in [9.17, 15) is 19.2 Å². The Morgan fingerprint density at radius 1 is 1.06 bits per heavy atom. The van der Waals surface area contributed by atoms with Crippen molar-refractivity contribution in [1.29, 1.82) is 0 Å². The number of methoxy groups -OCH3 is 2. The molecule has 9 nitrogen and oxygen atoms in total. The van der Waals surface area contributed by atoms with Crippen molar-refractivity contribution in [3.05, 3.63) is 57.6 Å². The highest BCUT2D eigenvalue weighted by Gasteiger charge is 2.37. The number of anilines is 1. The number of hydrogen-bond donors (Lipinski definition) is 1. The average Bonchev–Trinajstić information content (AvgIpc) is 2.74. The van der Waals surface area contributed by atoms with Crippen molar-refractivity contribution < 1.29 is 33.4 Å². The van der Waals surface area contributed by atoms with E-state index >= 15 is 0 Å². The maximum atomic E-state index is 13.1. The van der Waals surface area contributed by atoms with E-state index < -0.39 is 23.8 Å². The fraction of sp³-hybridized carbons (Fsp3) is 0.217. The number of carbonyl (C=O) groups excluding carboxylic acids is 4. The second-order valence-electron chi connectivity index (χ2n) is 7.20. The van der Waals surface area contributed by atoms with Crippen molar-refractivity contribution in [2.75, 3.05) is 25.7 Å². The first-order chi connectivity index (χ1) is 15.6. The zero-order valence-electron chi connectivity index (χ0n) is 18.4. The Morgan fingerprint density at radius 2 is 1.73 bits per heavy atom. The molecule has 0 aromatic heterocycles. The van der Waals surface area contributed by atoms with E-state index in [1.807, 2.05) is 19.9 Å². The van der Waals surface area contributed by atoms with Gasteiger partial charge in [-0.2, -0.15) is 0 Å². The quantitative estimate of drug-likeness (QED) is 0.390. The van der Waals surface area contributed by atoms with Gasteiger partial charge in [0.15, 0.2) is 18.1 Å². The number of urea groups is 1. The van der Waals surface area contributed by atoms with Gasteiger partial charge in [-0.25, -0.2) is 14.5 Å². The van der Waals surface area contributed by atoms with Gasteiger partial charge in [0.25, 0.3) is 11.8 Å². The maximum Gasteiger partial charge on any atom is 0.343 e. The maximum absolute atomic E-state index is 13.1. The minimum Gasteiger partial charge on any atom is -0.493 e. The lowest BCUT2D eigenvalue weighted by Gasteiger charge is -2.27. The van der Waals surface area contributed by atoms with Crippen molar-refractivity contribution in [2.45, 2.75) is 13.8 Å². The molecule has 1 fully saturated rings. The molecule has 0 radical (unpaired) electrons. The third-order valence-corrected chi connectivity index (χ3v) is 4.97. The zero-order chi connectivity index (χ0) is 24.3. The fourth-order valence-corrected chi connectivity index (χ4v) is 3.57. The van der Waals surface area contributed by atoms with Crippen molar-refractivity contribution in [1.82, 2.24) is 5.32 Å². The number of halogens is 1. The molecule has 2 aromatic carbocycles. The van der Waals surface area contributed by atoms with Gasteiger partial charge in [-0.3, -0.25) is 14.9 Å². The predicted molar refractivity (Wildman–Crippen MR) is 120 cm³/mol. The number of hydrogen-bond acceptors (Lipinski definition) is 7. The number of aryl methyl sites for hydroxylation is 2. The van der Waals surface area contributed by atoms with Gasteiger partial charge >= 0.3 is 12.0 Å². The van der Waals surface area contributed by atoms with Crippen LogP contribution in [-0.2, 0) is 19.1 Å². The Kier molecular flexibility index (Phi) is 7.03. The molecule has 10 heteroatoms. The van der Waals surface area contributed by atoms with Crippen LogP contribution in [0.4, 0.5) is 10.5 Å². The molecule has 0 spiro atoms. The highest BCUT2D eigenvalue weighted by atomic mass is 35.5. The molecule has 0 bridgehead atoms. The molecule has 1 aliphatic heterocycles. The molecule has 1 saturated heterocycles. The predicted octanol–water partition coefficient (Wildman–Crippen LogP) is 3.18. The molecule has 2 aromatic rings. The van der Waals surface area contributed by atoms with Crippen LogP contribution in [0.3, 0.4) is 0 Å². The van der Waals surface area contributed by atoms with E-state index in [4.69, 9.17) is 21.1 Å². The van der Waals surface area contributed by atoms with E-state index in [1.54, 1.807) is 12.1 Å². The highest BCUT2D eigenvalue weighted by Crippen LogP contribution is 2.37. The van der Waals surface area contributed by atoms with Gasteiger partial charge in [0.05, 0.1) is 24.9 Å². The summed E-state index contributed by atoms with van der Waals surface area (Å²) in [4.78, 5) is 50.3. The topological polar surface area (TPSA) is 111 Å². The SMILES string of the molecule is COC(=O)COc1c(Cl)cc(/C=C2\C(=O)NC(=O)N(c3cc(C)cc(C)c3)C2=O)cc1OC. The number of benzene rings is 2. The van der Waals surface area contributed by atoms with E-state index in [1.165, 1.54) is 32.4 Å². The van der Waals surface area contributed by atoms with Crippen molar-refractivity contribution >= 4 is 47.2 Å². The fourth-order valence-electron chi connectivity index (χ4n) is 3.29. The molecule has 0 saturated carbocycles. The Labute approximate surface area is 194 Å². The van der Waals surface area contributed by atoms with E-state index in [0.29, 0.717) is 11.3 Å². The number of nitrogens with zero attached hydrogens (tertiary/aromatic N) is 1. The number of imide groups is 2. The van der Waals surface area contributed by atoms with Crippen LogP contribution in [0, 0.1) is 13.8 Å². The Balaban J connectivity index is 1.99. The number of ether oxygens (including phenoxy) is 3. The molecule has 1 N–H and O–H groups in total. The van der Waals surface area contributed by atoms with Crippen molar-refractivity contribution in [3.8, 4) is 11.5 Å². The lowest BCUT2D eigenvalue weighted by Crippen LogP contribution is -2.54. The molecule has 0 aliphatic carbocycles. The molecule has 172 valence electrons. The Morgan fingerprint density at radius 3 is 2.33 bits per heavy atom. The van der Waals surface area contributed by atoms with Crippen LogP contribution in [0.5, 0.6) is 11.5 Å². The Bertz CT molecular complexity index is 1170. The molecule has 0 atom stereocenters. The summed E-state index contributed by atoms with van der Waals surface area (Å²) in [6.45, 7) is 3.28. The van der Waals surface area contributed by atoms with Gasteiger partial charge < -0.3 is 14.2 Å². The molecule has 33 heavy (non-hydrogen) atoms. The van der Waals surface area contributed by atoms with E-state index in [-0.39, 0.29) is 28.7 Å². The highest BCUT2D eigenvalue weighted by molar-refractivity contribution is 6.39. The van der Waals surface area contributed by atoms with Gasteiger partial charge in [0.2, 0.25) is 0 Å². The minimum atomic E-state index is -0.841. The Hall–Kier alpha value is -3.85. The second-order valence-corrected chi connectivity index (χ2v) is 7.61. The average molecular weight is 473 g/mol. The summed E-state index contributed by atoms with van der Waals surface area (Å²) >= 11 is 6.28. The van der Waals surface area contributed by atoms with Crippen LogP contribution in [0.25, 0.3) is 6.08 Å². The van der Waals surface area contributed by atoms with Gasteiger partial charge in [0.1, 0.15) is 5.57 Å². The van der Waals surface area contributed by atoms with E-state index in [0.717, 1.165) is 16.0 Å². The van der Waals surface area contributed by atoms with Gasteiger partial charge in [0, 0.05) is 0 Å². The third-order valence-electron chi connectivity index (χ3n) is 4.69. The monoisotopic (exact) mass is 472 g/mol. The first kappa shape index (κ1) is 23.8. The van der Waals surface area contributed by atoms with E-state index in [2.05, 4.69) is 10.1 Å². The van der Waals surface area contributed by atoms with Crippen LogP contribution in [0.15, 0.2) is 35.9 Å². The summed E-state index contributed by atoms with van der Waals surface area (Å²) in [5.41, 5.74) is 2.13. The number of amides is 4. The van der Waals surface area contributed by atoms with Crippen molar-refractivity contribution in [3.63, 3.8) is 0 Å². The molecule has 4 amide bonds. The van der Waals surface area contributed by atoms with Crippen LogP contribution < -0.4 is 19.7 Å². The molecule has 0 unspecified atom stereocenters. The lowest BCUT2D eigenvalue weighted by atomic mass is 10.0. The largest absolute Gasteiger partial charge is 0.493 e. The van der Waals surface area contributed by atoms with Crippen molar-refractivity contribution in [2.24, 2.45) is 0 Å². The summed E-state index contributed by atoms with van der Waals surface area (Å²) < 4.78 is 15.2. The summed E-state index contributed by atoms with van der Waals surface area (Å²) in [5.74, 6) is -1.97. The first-order valence-corrected chi connectivity index (χ1v) is 10.1. The van der Waals surface area contributed by atoms with Gasteiger partial charge in [-0.1, -0.05) is 17.7 Å². The minimum absolute atomic E-state index is 0.0796. The summed E-state index contributed by atoms with van der Waals surface area (Å²) in [5, 5.41) is 2.26. The first-order valence-electron chi connectivity index (χ1n) is 9.71. The number of nitrogens with one attached hydrogen (secondary N) is 1. The number of rotatable bonds is 6. The standard InChI is InChI=1S/C23H21ClN2O7/c1-12-5-13(2)7-15(6-12)26-22(29)16(21(28)25-23(26)30)8-14-9-17(24)20(18(10-14)31-3)33-11-19(27)32-4/h5-10H,11H2,1-4H3,(H,25,28,30)/b16-8+. The number of esters is 1. The van der Waals surface area contributed by atoms with Crippen LogP contribution in [-0.4, -0.2) is 44.6 Å². The summed E-state index contributed by atoms with van der Waals surface area (Å²) in [7, 11) is 2.59. The van der Waals surface area contributed by atoms with Gasteiger partial charge in [-0.15, -0.1) is 0 Å². The number of barbiturate groups is 1. The molecule has 3 rings (SSSR count). The second kappa shape index (κ2) is 9.74. The lowest BCUT2D eigenvalue weighted by molar-refractivity contribution is -0.143. The molecule has 1 aliphatic rings. The number of carbonyl (C=O) groups is 4. The zero-order valence-corrected chi connectivity index (χ0v) is 19.1. The summed E-state index contributed by atoms with van der Waals surface area (Å²) in [6.07, 6.45) is 1.29. The van der Waals surface area contributed by atoms with Crippen LogP contribution in [0.2, 0.25) is 5.02 Å². The third kappa shape index (κ3) is 5.15.